The lowest BCUT2D eigenvalue weighted by Gasteiger charge is -2.18. The molecule has 124 valence electrons. The van der Waals surface area contributed by atoms with E-state index in [1.165, 1.54) is 5.56 Å². The fourth-order valence-corrected chi connectivity index (χ4v) is 3.10. The van der Waals surface area contributed by atoms with Crippen LogP contribution in [0.15, 0.2) is 35.2 Å². The van der Waals surface area contributed by atoms with Gasteiger partial charge in [0, 0.05) is 6.42 Å². The number of carbonyl (C=O) groups is 1. The zero-order valence-corrected chi connectivity index (χ0v) is 15.3. The molecule has 2 aromatic rings. The summed E-state index contributed by atoms with van der Waals surface area (Å²) in [6.07, 6.45) is 1.38. The molecule has 4 heteroatoms. The van der Waals surface area contributed by atoms with Gasteiger partial charge in [-0.1, -0.05) is 45.9 Å². The number of benzene rings is 2. The molecule has 0 aliphatic heterocycles. The van der Waals surface area contributed by atoms with E-state index in [4.69, 9.17) is 8.92 Å². The van der Waals surface area contributed by atoms with Gasteiger partial charge < -0.3 is 8.92 Å². The monoisotopic (exact) mass is 332 g/mol. The van der Waals surface area contributed by atoms with Gasteiger partial charge in [0.25, 0.3) is 0 Å². The first-order valence-corrected chi connectivity index (χ1v) is 8.54. The van der Waals surface area contributed by atoms with Crippen LogP contribution in [0.4, 0.5) is 0 Å². The van der Waals surface area contributed by atoms with E-state index in [0.717, 1.165) is 39.9 Å². The van der Waals surface area contributed by atoms with Crippen molar-refractivity contribution in [2.24, 2.45) is 5.41 Å². The molecular formula is C19H24O3S. The smallest absolute Gasteiger partial charge is 0.317 e. The van der Waals surface area contributed by atoms with Crippen molar-refractivity contribution in [1.82, 2.24) is 0 Å². The zero-order valence-electron chi connectivity index (χ0n) is 14.4. The molecule has 2 rings (SSSR count). The van der Waals surface area contributed by atoms with Crippen molar-refractivity contribution >= 4 is 28.8 Å². The van der Waals surface area contributed by atoms with Crippen LogP contribution in [0.3, 0.4) is 0 Å². The first kappa shape index (κ1) is 17.7. The highest BCUT2D eigenvalue weighted by Crippen LogP contribution is 2.35. The van der Waals surface area contributed by atoms with Crippen molar-refractivity contribution < 1.29 is 13.7 Å². The average Bonchev–Trinajstić information content (AvgIpc) is 2.50. The Morgan fingerprint density at radius 2 is 1.87 bits per heavy atom. The number of carbonyl (C=O) groups excluding carboxylic acids is 1. The summed E-state index contributed by atoms with van der Waals surface area (Å²) in [4.78, 5) is 12.2. The van der Waals surface area contributed by atoms with Crippen molar-refractivity contribution in [2.75, 3.05) is 7.11 Å². The highest BCUT2D eigenvalue weighted by atomic mass is 32.2. The zero-order chi connectivity index (χ0) is 17.0. The summed E-state index contributed by atoms with van der Waals surface area (Å²) < 4.78 is 10.6. The normalized spacial score (nSPS) is 11.5. The summed E-state index contributed by atoms with van der Waals surface area (Å²) >= 11 is 1.06. The van der Waals surface area contributed by atoms with Crippen molar-refractivity contribution in [3.63, 3.8) is 0 Å². The van der Waals surface area contributed by atoms with E-state index >= 15 is 0 Å². The molecule has 0 aliphatic rings. The van der Waals surface area contributed by atoms with E-state index in [-0.39, 0.29) is 11.4 Å². The van der Waals surface area contributed by atoms with Crippen LogP contribution in [0, 0.1) is 5.41 Å². The minimum atomic E-state index is -0.238. The summed E-state index contributed by atoms with van der Waals surface area (Å²) in [5.41, 5.74) is 1.56. The molecule has 0 N–H and O–H groups in total. The van der Waals surface area contributed by atoms with E-state index in [0.29, 0.717) is 6.42 Å². The summed E-state index contributed by atoms with van der Waals surface area (Å²) in [6, 6.07) is 10.5. The van der Waals surface area contributed by atoms with Gasteiger partial charge in [-0.2, -0.15) is 0 Å². The highest BCUT2D eigenvalue weighted by Gasteiger charge is 2.13. The molecule has 3 nitrogen and oxygen atoms in total. The Hall–Kier alpha value is -1.68. The highest BCUT2D eigenvalue weighted by molar-refractivity contribution is 7.95. The van der Waals surface area contributed by atoms with Gasteiger partial charge in [0.2, 0.25) is 0 Å². The third-order valence-corrected chi connectivity index (χ3v) is 4.20. The van der Waals surface area contributed by atoms with Crippen LogP contribution in [-0.4, -0.2) is 13.1 Å². The fraction of sp³-hybridized carbons (Fsp3) is 0.421. The van der Waals surface area contributed by atoms with E-state index in [1.807, 2.05) is 12.1 Å². The van der Waals surface area contributed by atoms with Gasteiger partial charge in [-0.3, -0.25) is 4.79 Å². The molecule has 0 heterocycles. The second-order valence-corrected chi connectivity index (χ2v) is 7.59. The van der Waals surface area contributed by atoms with Crippen LogP contribution in [0.25, 0.3) is 10.8 Å². The molecule has 0 unspecified atom stereocenters. The third-order valence-electron chi connectivity index (χ3n) is 3.43. The quantitative estimate of drug-likeness (QED) is 0.687. The van der Waals surface area contributed by atoms with Crippen molar-refractivity contribution in [3.05, 3.63) is 35.9 Å². The molecule has 0 aromatic heterocycles. The van der Waals surface area contributed by atoms with E-state index in [2.05, 4.69) is 39.0 Å². The van der Waals surface area contributed by atoms with Crippen molar-refractivity contribution in [3.8, 4) is 5.75 Å². The molecule has 0 aliphatic carbocycles. The summed E-state index contributed by atoms with van der Waals surface area (Å²) in [7, 11) is 1.63. The standard InChI is InChI=1S/C19H24O3S/c1-6-18(20)22-23-17-11-14-8-7-13(12-19(2,3)4)9-15(14)10-16(17)21-5/h7-11H,6,12H2,1-5H3. The van der Waals surface area contributed by atoms with Crippen LogP contribution in [0.1, 0.15) is 39.7 Å². The van der Waals surface area contributed by atoms with Gasteiger partial charge in [-0.25, -0.2) is 0 Å². The predicted molar refractivity (Wildman–Crippen MR) is 95.9 cm³/mol. The molecule has 0 bridgehead atoms. The minimum Gasteiger partial charge on any atom is -0.495 e. The maximum absolute atomic E-state index is 11.3. The Bertz CT molecular complexity index is 702. The Kier molecular flexibility index (Phi) is 5.58. The van der Waals surface area contributed by atoms with E-state index in [9.17, 15) is 4.79 Å². The largest absolute Gasteiger partial charge is 0.495 e. The Labute approximate surface area is 142 Å². The number of fused-ring (bicyclic) bond motifs is 1. The predicted octanol–water partition coefficient (Wildman–Crippen LogP) is 5.40. The Balaban J connectivity index is 2.33. The minimum absolute atomic E-state index is 0.238. The number of hydrogen-bond acceptors (Lipinski definition) is 4. The second kappa shape index (κ2) is 7.26. The molecular weight excluding hydrogens is 308 g/mol. The molecule has 23 heavy (non-hydrogen) atoms. The SMILES string of the molecule is CCC(=O)OSc1cc2ccc(CC(C)(C)C)cc2cc1OC. The van der Waals surface area contributed by atoms with Gasteiger partial charge in [0.05, 0.1) is 12.0 Å². The lowest BCUT2D eigenvalue weighted by molar-refractivity contribution is -0.132. The summed E-state index contributed by atoms with van der Waals surface area (Å²) in [5.74, 6) is 0.483. The first-order valence-electron chi connectivity index (χ1n) is 7.80. The Morgan fingerprint density at radius 3 is 2.48 bits per heavy atom. The number of ether oxygens (including phenoxy) is 1. The molecule has 0 saturated heterocycles. The van der Waals surface area contributed by atoms with Crippen molar-refractivity contribution in [1.29, 1.82) is 0 Å². The molecule has 0 spiro atoms. The lowest BCUT2D eigenvalue weighted by atomic mass is 9.87. The van der Waals surface area contributed by atoms with Crippen molar-refractivity contribution in [2.45, 2.75) is 45.4 Å². The van der Waals surface area contributed by atoms with Crippen LogP contribution in [0.2, 0.25) is 0 Å². The van der Waals surface area contributed by atoms with Gasteiger partial charge in [-0.15, -0.1) is 0 Å². The van der Waals surface area contributed by atoms with Gasteiger partial charge >= 0.3 is 5.97 Å². The second-order valence-electron chi connectivity index (χ2n) is 6.81. The molecule has 0 radical (unpaired) electrons. The van der Waals surface area contributed by atoms with Gasteiger partial charge in [-0.05, 0) is 40.3 Å². The fourth-order valence-electron chi connectivity index (χ4n) is 2.40. The number of rotatable bonds is 5. The summed E-state index contributed by atoms with van der Waals surface area (Å²) in [6.45, 7) is 8.48. The van der Waals surface area contributed by atoms with Crippen LogP contribution < -0.4 is 4.74 Å². The molecule has 0 fully saturated rings. The van der Waals surface area contributed by atoms with E-state index in [1.54, 1.807) is 14.0 Å². The lowest BCUT2D eigenvalue weighted by Crippen LogP contribution is -2.08. The summed E-state index contributed by atoms with van der Waals surface area (Å²) in [5, 5.41) is 2.24. The van der Waals surface area contributed by atoms with Gasteiger partial charge in [0.15, 0.2) is 0 Å². The molecule has 0 atom stereocenters. The molecule has 0 amide bonds. The number of methoxy groups -OCH3 is 1. The van der Waals surface area contributed by atoms with Crippen LogP contribution in [0.5, 0.6) is 5.75 Å². The third kappa shape index (κ3) is 4.90. The topological polar surface area (TPSA) is 35.5 Å². The maximum atomic E-state index is 11.3. The average molecular weight is 332 g/mol. The number of hydrogen-bond donors (Lipinski definition) is 0. The van der Waals surface area contributed by atoms with Crippen LogP contribution in [-0.2, 0) is 15.4 Å². The maximum Gasteiger partial charge on any atom is 0.317 e. The Morgan fingerprint density at radius 1 is 1.13 bits per heavy atom. The molecule has 0 saturated carbocycles. The first-order chi connectivity index (χ1) is 10.8. The van der Waals surface area contributed by atoms with Gasteiger partial charge in [0.1, 0.15) is 17.8 Å². The van der Waals surface area contributed by atoms with Crippen LogP contribution >= 0.6 is 12.0 Å². The van der Waals surface area contributed by atoms with E-state index < -0.39 is 0 Å². The molecule has 2 aromatic carbocycles.